The molecule has 2 N–H and O–H groups in total. The third-order valence-electron chi connectivity index (χ3n) is 7.78. The van der Waals surface area contributed by atoms with Crippen molar-refractivity contribution in [2.45, 2.75) is 68.5 Å². The van der Waals surface area contributed by atoms with Crippen molar-refractivity contribution >= 4 is 0 Å². The summed E-state index contributed by atoms with van der Waals surface area (Å²) in [6, 6.07) is 21.1. The Morgan fingerprint density at radius 2 is 1.37 bits per heavy atom. The number of benzene rings is 3. The van der Waals surface area contributed by atoms with Gasteiger partial charge in [-0.25, -0.2) is 0 Å². The molecule has 2 bridgehead atoms. The fourth-order valence-electron chi connectivity index (χ4n) is 6.14. The maximum absolute atomic E-state index is 13.4. The molecule has 3 aromatic carbocycles. The van der Waals surface area contributed by atoms with E-state index in [0.717, 1.165) is 23.3 Å². The third-order valence-corrected chi connectivity index (χ3v) is 7.78. The summed E-state index contributed by atoms with van der Waals surface area (Å²) in [4.78, 5) is 2.32. The van der Waals surface area contributed by atoms with Crippen LogP contribution in [0.15, 0.2) is 78.9 Å². The van der Waals surface area contributed by atoms with E-state index in [1.165, 1.54) is 0 Å². The summed E-state index contributed by atoms with van der Waals surface area (Å²) < 4.78 is 86.7. The Bertz CT molecular complexity index is 1220. The molecule has 5 rings (SSSR count). The fraction of sp³-hybridized carbons (Fsp3) is 0.379. The molecule has 0 saturated carbocycles. The molecule has 2 aliphatic rings. The number of nitrogens with zero attached hydrogens (tertiary/aromatic N) is 1. The Morgan fingerprint density at radius 3 is 1.95 bits per heavy atom. The molecular weight excluding hydrogens is 506 g/mol. The van der Waals surface area contributed by atoms with Gasteiger partial charge in [0.1, 0.15) is 0 Å². The predicted octanol–water partition coefficient (Wildman–Crippen LogP) is 6.90. The average Bonchev–Trinajstić information content (AvgIpc) is 3.06. The lowest BCUT2D eigenvalue weighted by atomic mass is 9.78. The lowest BCUT2D eigenvalue weighted by molar-refractivity contribution is -0.143. The van der Waals surface area contributed by atoms with Crippen LogP contribution < -0.4 is 5.73 Å². The molecule has 3 unspecified atom stereocenters. The van der Waals surface area contributed by atoms with Crippen molar-refractivity contribution in [1.29, 1.82) is 0 Å². The first-order valence-corrected chi connectivity index (χ1v) is 12.5. The van der Waals surface area contributed by atoms with Crippen molar-refractivity contribution in [2.75, 3.05) is 0 Å². The number of halogens is 6. The van der Waals surface area contributed by atoms with Gasteiger partial charge in [-0.15, -0.1) is 0 Å². The molecule has 202 valence electrons. The zero-order valence-electron chi connectivity index (χ0n) is 20.5. The van der Waals surface area contributed by atoms with E-state index in [0.29, 0.717) is 25.8 Å². The van der Waals surface area contributed by atoms with Crippen molar-refractivity contribution in [1.82, 2.24) is 4.90 Å². The maximum atomic E-state index is 13.4. The van der Waals surface area contributed by atoms with Gasteiger partial charge in [-0.3, -0.25) is 4.90 Å². The van der Waals surface area contributed by atoms with Crippen molar-refractivity contribution < 1.29 is 31.1 Å². The Hall–Kier alpha value is -2.88. The second-order valence-electron chi connectivity index (χ2n) is 10.1. The molecule has 0 aromatic heterocycles. The van der Waals surface area contributed by atoms with E-state index in [1.807, 2.05) is 60.7 Å². The zero-order chi connectivity index (χ0) is 27.1. The highest BCUT2D eigenvalue weighted by Crippen LogP contribution is 2.52. The normalized spacial score (nSPS) is 26.0. The van der Waals surface area contributed by atoms with Gasteiger partial charge in [0.2, 0.25) is 0 Å². The predicted molar refractivity (Wildman–Crippen MR) is 131 cm³/mol. The average molecular weight is 535 g/mol. The van der Waals surface area contributed by atoms with Gasteiger partial charge in [0.05, 0.1) is 29.4 Å². The zero-order valence-corrected chi connectivity index (χ0v) is 20.5. The molecule has 2 fully saturated rings. The van der Waals surface area contributed by atoms with Crippen molar-refractivity contribution in [3.05, 3.63) is 107 Å². The van der Waals surface area contributed by atoms with Crippen LogP contribution in [0.25, 0.3) is 0 Å². The Kier molecular flexibility index (Phi) is 7.04. The quantitative estimate of drug-likeness (QED) is 0.350. The largest absolute Gasteiger partial charge is 0.416 e. The first-order valence-electron chi connectivity index (χ1n) is 12.5. The summed E-state index contributed by atoms with van der Waals surface area (Å²) in [5.74, 6) is 0. The van der Waals surface area contributed by atoms with Crippen LogP contribution in [-0.2, 0) is 35.8 Å². The van der Waals surface area contributed by atoms with E-state index in [-0.39, 0.29) is 30.3 Å². The fourth-order valence-corrected chi connectivity index (χ4v) is 6.14. The van der Waals surface area contributed by atoms with Crippen molar-refractivity contribution in [3.8, 4) is 0 Å². The van der Waals surface area contributed by atoms with Crippen LogP contribution in [-0.4, -0.2) is 23.1 Å². The first-order chi connectivity index (χ1) is 18.0. The SMILES string of the molecule is N[C@@H]1CC2(c3ccccc3)C(OCc3cc(C(F)(F)F)cc(C(F)(F)F)c3)CCC1N2Cc1ccccc1. The minimum absolute atomic E-state index is 0.0700. The van der Waals surface area contributed by atoms with Gasteiger partial charge in [-0.05, 0) is 54.2 Å². The molecule has 0 radical (unpaired) electrons. The second-order valence-corrected chi connectivity index (χ2v) is 10.1. The van der Waals surface area contributed by atoms with Crippen molar-refractivity contribution in [3.63, 3.8) is 0 Å². The lowest BCUT2D eigenvalue weighted by Gasteiger charge is -2.50. The van der Waals surface area contributed by atoms with E-state index in [1.54, 1.807) is 0 Å². The number of hydrogen-bond donors (Lipinski definition) is 1. The molecule has 38 heavy (non-hydrogen) atoms. The molecule has 4 atom stereocenters. The van der Waals surface area contributed by atoms with Crippen LogP contribution in [0.4, 0.5) is 26.3 Å². The monoisotopic (exact) mass is 534 g/mol. The number of rotatable bonds is 6. The highest BCUT2D eigenvalue weighted by atomic mass is 19.4. The maximum Gasteiger partial charge on any atom is 0.416 e. The van der Waals surface area contributed by atoms with E-state index >= 15 is 0 Å². The molecule has 0 spiro atoms. The third kappa shape index (κ3) is 5.07. The van der Waals surface area contributed by atoms with Gasteiger partial charge >= 0.3 is 12.4 Å². The van der Waals surface area contributed by atoms with E-state index in [4.69, 9.17) is 10.5 Å². The van der Waals surface area contributed by atoms with Crippen LogP contribution in [0.2, 0.25) is 0 Å². The molecule has 3 aromatic rings. The highest BCUT2D eigenvalue weighted by Gasteiger charge is 2.58. The highest BCUT2D eigenvalue weighted by molar-refractivity contribution is 5.35. The molecule has 2 aliphatic heterocycles. The molecule has 0 aliphatic carbocycles. The Morgan fingerprint density at radius 1 is 0.789 bits per heavy atom. The van der Waals surface area contributed by atoms with E-state index in [9.17, 15) is 26.3 Å². The molecule has 2 heterocycles. The van der Waals surface area contributed by atoms with Crippen LogP contribution in [0, 0.1) is 0 Å². The van der Waals surface area contributed by atoms with E-state index < -0.39 is 35.1 Å². The number of ether oxygens (including phenoxy) is 1. The van der Waals surface area contributed by atoms with Crippen LogP contribution in [0.1, 0.15) is 47.1 Å². The summed E-state index contributed by atoms with van der Waals surface area (Å²) in [6.07, 6.45) is -8.45. The molecular formula is C29H28F6N2O. The molecule has 3 nitrogen and oxygen atoms in total. The second kappa shape index (κ2) is 10.0. The van der Waals surface area contributed by atoms with Crippen LogP contribution in [0.5, 0.6) is 0 Å². The number of fused-ring (bicyclic) bond motifs is 2. The summed E-state index contributed by atoms with van der Waals surface area (Å²) in [6.45, 7) is 0.209. The summed E-state index contributed by atoms with van der Waals surface area (Å²) in [5.41, 5.74) is 5.16. The van der Waals surface area contributed by atoms with Gasteiger partial charge in [0.25, 0.3) is 0 Å². The van der Waals surface area contributed by atoms with Gasteiger partial charge < -0.3 is 10.5 Å². The first kappa shape index (κ1) is 26.7. The standard InChI is InChI=1S/C29H28F6N2O/c30-28(31,32)22-13-20(14-23(15-22)29(33,34)35)18-38-26-12-11-25-24(36)16-27(26,21-9-5-2-6-10-21)37(25)17-19-7-3-1-4-8-19/h1-10,13-15,24-26H,11-12,16-18,36H2/t24-,25?,26?,27?/m1/s1. The molecule has 0 amide bonds. The Balaban J connectivity index is 1.51. The van der Waals surface area contributed by atoms with Crippen LogP contribution >= 0.6 is 0 Å². The lowest BCUT2D eigenvalue weighted by Crippen LogP contribution is -2.56. The summed E-state index contributed by atoms with van der Waals surface area (Å²) in [5, 5.41) is 0. The molecule has 9 heteroatoms. The van der Waals surface area contributed by atoms with Gasteiger partial charge in [-0.1, -0.05) is 60.7 Å². The van der Waals surface area contributed by atoms with Gasteiger partial charge in [0.15, 0.2) is 0 Å². The molecule has 2 saturated heterocycles. The smallest absolute Gasteiger partial charge is 0.371 e. The van der Waals surface area contributed by atoms with Crippen molar-refractivity contribution in [2.24, 2.45) is 5.73 Å². The topological polar surface area (TPSA) is 38.5 Å². The van der Waals surface area contributed by atoms with Gasteiger partial charge in [0, 0.05) is 18.6 Å². The minimum Gasteiger partial charge on any atom is -0.371 e. The summed E-state index contributed by atoms with van der Waals surface area (Å²) in [7, 11) is 0. The number of piperidine rings is 1. The van der Waals surface area contributed by atoms with Gasteiger partial charge in [-0.2, -0.15) is 26.3 Å². The number of hydrogen-bond acceptors (Lipinski definition) is 3. The number of nitrogens with two attached hydrogens (primary N) is 1. The van der Waals surface area contributed by atoms with Crippen LogP contribution in [0.3, 0.4) is 0 Å². The summed E-state index contributed by atoms with van der Waals surface area (Å²) >= 11 is 0. The Labute approximate surface area is 217 Å². The number of alkyl halides is 6. The van der Waals surface area contributed by atoms with E-state index in [2.05, 4.69) is 4.90 Å². The minimum atomic E-state index is -4.91.